The van der Waals surface area contributed by atoms with Crippen molar-refractivity contribution in [2.75, 3.05) is 26.2 Å². The van der Waals surface area contributed by atoms with Crippen molar-refractivity contribution in [3.63, 3.8) is 0 Å². The van der Waals surface area contributed by atoms with Crippen LogP contribution in [0.15, 0.2) is 0 Å². The molecule has 2 atom stereocenters. The Morgan fingerprint density at radius 2 is 2.15 bits per heavy atom. The van der Waals surface area contributed by atoms with Crippen LogP contribution in [-0.2, 0) is 4.79 Å². The van der Waals surface area contributed by atoms with E-state index in [1.165, 1.54) is 0 Å². The highest BCUT2D eigenvalue weighted by Crippen LogP contribution is 2.22. The fourth-order valence-electron chi connectivity index (χ4n) is 2.92. The molecule has 0 aromatic carbocycles. The number of carbonyl (C=O) groups is 1. The van der Waals surface area contributed by atoms with Crippen LogP contribution in [0.1, 0.15) is 52.9 Å². The monoisotopic (exact) mass is 284 g/mol. The summed E-state index contributed by atoms with van der Waals surface area (Å²) in [6, 6.07) is 0.413. The Bertz CT molecular complexity index is 282. The van der Waals surface area contributed by atoms with E-state index in [4.69, 9.17) is 5.11 Å². The van der Waals surface area contributed by atoms with Crippen LogP contribution in [0.25, 0.3) is 0 Å². The molecule has 0 radical (unpaired) electrons. The first kappa shape index (κ1) is 17.4. The molecule has 4 nitrogen and oxygen atoms in total. The quantitative estimate of drug-likeness (QED) is 0.717. The predicted molar refractivity (Wildman–Crippen MR) is 82.5 cm³/mol. The number of amides is 1. The average molecular weight is 284 g/mol. The third-order valence-electron chi connectivity index (χ3n) is 3.94. The maximum absolute atomic E-state index is 12.1. The summed E-state index contributed by atoms with van der Waals surface area (Å²) in [7, 11) is 0. The van der Waals surface area contributed by atoms with Gasteiger partial charge in [0.2, 0.25) is 5.91 Å². The second-order valence-electron chi connectivity index (χ2n) is 6.52. The lowest BCUT2D eigenvalue weighted by molar-refractivity contribution is -0.133. The van der Waals surface area contributed by atoms with E-state index in [0.717, 1.165) is 45.3 Å². The summed E-state index contributed by atoms with van der Waals surface area (Å²) in [6.07, 6.45) is 4.57. The maximum Gasteiger partial charge on any atom is 0.222 e. The molecule has 4 heteroatoms. The zero-order valence-corrected chi connectivity index (χ0v) is 13.4. The van der Waals surface area contributed by atoms with Crippen LogP contribution in [0.2, 0.25) is 0 Å². The number of aliphatic hydroxyl groups excluding tert-OH is 1. The fraction of sp³-hybridized carbons (Fsp3) is 0.938. The molecule has 0 aromatic heterocycles. The predicted octanol–water partition coefficient (Wildman–Crippen LogP) is 2.02. The van der Waals surface area contributed by atoms with Crippen LogP contribution in [0.3, 0.4) is 0 Å². The van der Waals surface area contributed by atoms with Gasteiger partial charge in [-0.15, -0.1) is 0 Å². The second kappa shape index (κ2) is 9.35. The number of nitrogens with zero attached hydrogens (tertiary/aromatic N) is 1. The van der Waals surface area contributed by atoms with Gasteiger partial charge in [0, 0.05) is 32.2 Å². The van der Waals surface area contributed by atoms with Crippen molar-refractivity contribution < 1.29 is 9.90 Å². The fourth-order valence-corrected chi connectivity index (χ4v) is 2.92. The zero-order chi connectivity index (χ0) is 15.0. The van der Waals surface area contributed by atoms with Gasteiger partial charge in [0.1, 0.15) is 0 Å². The van der Waals surface area contributed by atoms with E-state index in [1.54, 1.807) is 0 Å². The number of piperidine rings is 1. The van der Waals surface area contributed by atoms with E-state index in [1.807, 2.05) is 4.90 Å². The van der Waals surface area contributed by atoms with Gasteiger partial charge in [-0.05, 0) is 44.1 Å². The van der Waals surface area contributed by atoms with Crippen molar-refractivity contribution in [2.24, 2.45) is 11.8 Å². The van der Waals surface area contributed by atoms with E-state index < -0.39 is 0 Å². The molecule has 1 saturated heterocycles. The number of hydrogen-bond acceptors (Lipinski definition) is 3. The Labute approximate surface area is 123 Å². The van der Waals surface area contributed by atoms with Crippen LogP contribution in [-0.4, -0.2) is 48.2 Å². The van der Waals surface area contributed by atoms with E-state index in [2.05, 4.69) is 26.1 Å². The Morgan fingerprint density at radius 1 is 1.40 bits per heavy atom. The van der Waals surface area contributed by atoms with Crippen LogP contribution in [0.4, 0.5) is 0 Å². The number of nitrogens with one attached hydrogen (secondary N) is 1. The van der Waals surface area contributed by atoms with Gasteiger partial charge < -0.3 is 15.3 Å². The smallest absolute Gasteiger partial charge is 0.222 e. The first-order chi connectivity index (χ1) is 9.56. The van der Waals surface area contributed by atoms with Gasteiger partial charge in [-0.25, -0.2) is 0 Å². The minimum atomic E-state index is 0.253. The normalized spacial score (nSPS) is 23.4. The van der Waals surface area contributed by atoms with Gasteiger partial charge in [-0.2, -0.15) is 0 Å². The van der Waals surface area contributed by atoms with E-state index in [9.17, 15) is 4.79 Å². The highest BCUT2D eigenvalue weighted by atomic mass is 16.2. The topological polar surface area (TPSA) is 52.6 Å². The van der Waals surface area contributed by atoms with Gasteiger partial charge in [0.15, 0.2) is 0 Å². The number of rotatable bonds is 8. The molecular weight excluding hydrogens is 252 g/mol. The molecule has 1 rings (SSSR count). The molecule has 0 bridgehead atoms. The first-order valence-corrected chi connectivity index (χ1v) is 8.18. The molecule has 1 fully saturated rings. The van der Waals surface area contributed by atoms with Crippen molar-refractivity contribution in [1.82, 2.24) is 10.2 Å². The molecule has 20 heavy (non-hydrogen) atoms. The van der Waals surface area contributed by atoms with Crippen molar-refractivity contribution in [3.8, 4) is 0 Å². The molecule has 1 aliphatic heterocycles. The lowest BCUT2D eigenvalue weighted by atomic mass is 9.90. The second-order valence-corrected chi connectivity index (χ2v) is 6.52. The van der Waals surface area contributed by atoms with Crippen molar-refractivity contribution in [1.29, 1.82) is 0 Å². The maximum atomic E-state index is 12.1. The van der Waals surface area contributed by atoms with Crippen LogP contribution < -0.4 is 5.32 Å². The summed E-state index contributed by atoms with van der Waals surface area (Å²) in [5.74, 6) is 1.45. The molecule has 1 aliphatic rings. The number of carbonyl (C=O) groups excluding carboxylic acids is 1. The Balaban J connectivity index is 2.54. The number of hydrogen-bond donors (Lipinski definition) is 2. The highest BCUT2D eigenvalue weighted by Gasteiger charge is 2.29. The lowest BCUT2D eigenvalue weighted by Crippen LogP contribution is -2.51. The van der Waals surface area contributed by atoms with Crippen molar-refractivity contribution in [2.45, 2.75) is 58.9 Å². The summed E-state index contributed by atoms with van der Waals surface area (Å²) in [6.45, 7) is 9.45. The average Bonchev–Trinajstić information content (AvgIpc) is 2.43. The molecule has 1 heterocycles. The van der Waals surface area contributed by atoms with E-state index >= 15 is 0 Å². The molecule has 2 N–H and O–H groups in total. The van der Waals surface area contributed by atoms with Gasteiger partial charge >= 0.3 is 0 Å². The molecular formula is C16H32N2O2. The highest BCUT2D eigenvalue weighted by molar-refractivity contribution is 5.76. The van der Waals surface area contributed by atoms with Gasteiger partial charge in [0.25, 0.3) is 0 Å². The molecule has 118 valence electrons. The van der Waals surface area contributed by atoms with Crippen LogP contribution >= 0.6 is 0 Å². The molecule has 0 aliphatic carbocycles. The van der Waals surface area contributed by atoms with E-state index in [-0.39, 0.29) is 12.5 Å². The zero-order valence-electron chi connectivity index (χ0n) is 13.4. The molecule has 1 amide bonds. The van der Waals surface area contributed by atoms with Crippen LogP contribution in [0.5, 0.6) is 0 Å². The van der Waals surface area contributed by atoms with Gasteiger partial charge in [-0.3, -0.25) is 4.79 Å². The molecule has 2 unspecified atom stereocenters. The molecule has 0 saturated carbocycles. The summed E-state index contributed by atoms with van der Waals surface area (Å²) >= 11 is 0. The summed E-state index contributed by atoms with van der Waals surface area (Å²) in [4.78, 5) is 14.2. The van der Waals surface area contributed by atoms with Crippen molar-refractivity contribution in [3.05, 3.63) is 0 Å². The van der Waals surface area contributed by atoms with Crippen LogP contribution in [0, 0.1) is 11.8 Å². The SMILES string of the molecule is CCCC(=O)N1CC(CCCO)CC(NCC(C)C)C1. The molecule has 0 aromatic rings. The summed E-state index contributed by atoms with van der Waals surface area (Å²) in [5, 5.41) is 12.6. The third kappa shape index (κ3) is 6.23. The number of aliphatic hydroxyl groups is 1. The minimum absolute atomic E-state index is 0.253. The third-order valence-corrected chi connectivity index (χ3v) is 3.94. The van der Waals surface area contributed by atoms with E-state index in [0.29, 0.717) is 24.3 Å². The Morgan fingerprint density at radius 3 is 2.75 bits per heavy atom. The molecule has 0 spiro atoms. The first-order valence-electron chi connectivity index (χ1n) is 8.18. The van der Waals surface area contributed by atoms with Gasteiger partial charge in [-0.1, -0.05) is 20.8 Å². The van der Waals surface area contributed by atoms with Crippen molar-refractivity contribution >= 4 is 5.91 Å². The summed E-state index contributed by atoms with van der Waals surface area (Å²) < 4.78 is 0. The lowest BCUT2D eigenvalue weighted by Gasteiger charge is -2.38. The standard InChI is InChI=1S/C16H32N2O2/c1-4-6-16(20)18-11-14(7-5-8-19)9-15(12-18)17-10-13(2)3/h13-15,17,19H,4-12H2,1-3H3. The summed E-state index contributed by atoms with van der Waals surface area (Å²) in [5.41, 5.74) is 0. The number of likely N-dealkylation sites (tertiary alicyclic amines) is 1. The Kier molecular flexibility index (Phi) is 8.15. The largest absolute Gasteiger partial charge is 0.396 e. The van der Waals surface area contributed by atoms with Gasteiger partial charge in [0.05, 0.1) is 0 Å². The minimum Gasteiger partial charge on any atom is -0.396 e. The Hall–Kier alpha value is -0.610.